The molecule has 1 aliphatic rings. The topological polar surface area (TPSA) is 21.7 Å². The summed E-state index contributed by atoms with van der Waals surface area (Å²) in [6, 6.07) is 3.62. The van der Waals surface area contributed by atoms with Crippen molar-refractivity contribution in [3.63, 3.8) is 0 Å². The van der Waals surface area contributed by atoms with Gasteiger partial charge in [0.15, 0.2) is 11.5 Å². The van der Waals surface area contributed by atoms with Gasteiger partial charge in [-0.15, -0.1) is 0 Å². The van der Waals surface area contributed by atoms with Gasteiger partial charge in [-0.05, 0) is 42.7 Å². The molecule has 0 unspecified atom stereocenters. The number of fused-ring (bicyclic) bond motifs is 1. The molecule has 0 aliphatic carbocycles. The van der Waals surface area contributed by atoms with Crippen molar-refractivity contribution >= 4 is 6.98 Å². The highest BCUT2D eigenvalue weighted by atomic mass is 19.4. The molecule has 19 heavy (non-hydrogen) atoms. The first-order valence-electron chi connectivity index (χ1n) is 6.10. The Morgan fingerprint density at radius 1 is 1.11 bits per heavy atom. The van der Waals surface area contributed by atoms with Crippen molar-refractivity contribution in [1.29, 1.82) is 0 Å². The molecular formula is C12H16BF3NO2-. The molecule has 1 heterocycles. The van der Waals surface area contributed by atoms with Gasteiger partial charge in [0.05, 0.1) is 14.2 Å². The van der Waals surface area contributed by atoms with Crippen LogP contribution in [0.15, 0.2) is 12.1 Å². The molecule has 3 nitrogen and oxygen atoms in total. The molecule has 0 saturated heterocycles. The van der Waals surface area contributed by atoms with Crippen LogP contribution in [0.2, 0.25) is 0 Å². The predicted molar refractivity (Wildman–Crippen MR) is 67.6 cm³/mol. The van der Waals surface area contributed by atoms with Crippen LogP contribution in [0.25, 0.3) is 0 Å². The van der Waals surface area contributed by atoms with E-state index in [1.807, 2.05) is 6.07 Å². The van der Waals surface area contributed by atoms with Crippen LogP contribution in [-0.4, -0.2) is 39.1 Å². The first kappa shape index (κ1) is 14.1. The number of nitrogens with zero attached hydrogens (tertiary/aromatic N) is 1. The fourth-order valence-corrected chi connectivity index (χ4v) is 2.39. The van der Waals surface area contributed by atoms with Crippen molar-refractivity contribution in [1.82, 2.24) is 4.90 Å². The Morgan fingerprint density at radius 3 is 2.21 bits per heavy atom. The molecule has 0 spiro atoms. The molecule has 2 rings (SSSR count). The maximum Gasteiger partial charge on any atom is 0.492 e. The van der Waals surface area contributed by atoms with E-state index in [9.17, 15) is 12.9 Å². The van der Waals surface area contributed by atoms with Crippen molar-refractivity contribution in [2.75, 3.05) is 27.2 Å². The number of hydrogen-bond acceptors (Lipinski definition) is 3. The van der Waals surface area contributed by atoms with E-state index in [0.717, 1.165) is 11.1 Å². The smallest absolute Gasteiger partial charge is 0.492 e. The standard InChI is InChI=1S/C12H16BF3NO2/c1-18-11-5-9-3-4-17(8-13(14,15)16)7-10(9)6-12(11)19-2/h5-6H,3-4,7-8H2,1-2H3/q-1. The number of methoxy groups -OCH3 is 2. The molecule has 1 aromatic rings. The van der Waals surface area contributed by atoms with Crippen molar-refractivity contribution in [2.45, 2.75) is 13.0 Å². The van der Waals surface area contributed by atoms with E-state index in [0.29, 0.717) is 31.0 Å². The second-order valence-electron chi connectivity index (χ2n) is 4.67. The minimum atomic E-state index is -4.78. The van der Waals surface area contributed by atoms with Crippen LogP contribution in [-0.2, 0) is 13.0 Å². The van der Waals surface area contributed by atoms with E-state index in [1.54, 1.807) is 13.2 Å². The number of benzene rings is 1. The third-order valence-corrected chi connectivity index (χ3v) is 3.26. The third kappa shape index (κ3) is 3.35. The highest BCUT2D eigenvalue weighted by Gasteiger charge is 2.28. The van der Waals surface area contributed by atoms with E-state index in [1.165, 1.54) is 12.0 Å². The summed E-state index contributed by atoms with van der Waals surface area (Å²) in [6.07, 6.45) is -0.213. The Labute approximate surface area is 110 Å². The summed E-state index contributed by atoms with van der Waals surface area (Å²) >= 11 is 0. The summed E-state index contributed by atoms with van der Waals surface area (Å²) in [5.41, 5.74) is 1.91. The van der Waals surface area contributed by atoms with Crippen LogP contribution in [0.5, 0.6) is 11.5 Å². The second kappa shape index (κ2) is 5.32. The summed E-state index contributed by atoms with van der Waals surface area (Å²) < 4.78 is 47.7. The Hall–Kier alpha value is -1.37. The van der Waals surface area contributed by atoms with Crippen molar-refractivity contribution < 1.29 is 22.4 Å². The number of rotatable bonds is 4. The fourth-order valence-electron chi connectivity index (χ4n) is 2.39. The Bertz CT molecular complexity index is 465. The maximum absolute atomic E-state index is 12.5. The number of halogens is 3. The summed E-state index contributed by atoms with van der Waals surface area (Å²) in [5, 5.41) is 0. The zero-order chi connectivity index (χ0) is 14.0. The summed E-state index contributed by atoms with van der Waals surface area (Å²) in [5.74, 6) is 1.18. The van der Waals surface area contributed by atoms with Gasteiger partial charge in [0.1, 0.15) is 0 Å². The first-order valence-corrected chi connectivity index (χ1v) is 6.10. The molecule has 0 aromatic heterocycles. The molecule has 0 atom stereocenters. The second-order valence-corrected chi connectivity index (χ2v) is 4.67. The average Bonchev–Trinajstić information content (AvgIpc) is 2.35. The molecule has 0 saturated carbocycles. The average molecular weight is 274 g/mol. The predicted octanol–water partition coefficient (Wildman–Crippen LogP) is 2.45. The number of hydrogen-bond donors (Lipinski definition) is 0. The highest BCUT2D eigenvalue weighted by molar-refractivity contribution is 6.58. The minimum Gasteiger partial charge on any atom is -0.493 e. The van der Waals surface area contributed by atoms with E-state index in [4.69, 9.17) is 9.47 Å². The number of ether oxygens (including phenoxy) is 2. The van der Waals surface area contributed by atoms with Gasteiger partial charge in [0.25, 0.3) is 0 Å². The first-order chi connectivity index (χ1) is 8.93. The van der Waals surface area contributed by atoms with Crippen LogP contribution < -0.4 is 9.47 Å². The SMILES string of the molecule is COc1cc2c(cc1OC)CN(C[B-](F)(F)F)CC2. The lowest BCUT2D eigenvalue weighted by Crippen LogP contribution is -2.40. The molecular weight excluding hydrogens is 258 g/mol. The van der Waals surface area contributed by atoms with Crippen LogP contribution in [0.4, 0.5) is 12.9 Å². The Balaban J connectivity index is 2.20. The minimum absolute atomic E-state index is 0.303. The van der Waals surface area contributed by atoms with Crippen LogP contribution >= 0.6 is 0 Å². The van der Waals surface area contributed by atoms with Crippen molar-refractivity contribution in [3.8, 4) is 11.5 Å². The normalized spacial score (nSPS) is 16.1. The third-order valence-electron chi connectivity index (χ3n) is 3.26. The van der Waals surface area contributed by atoms with E-state index < -0.39 is 13.4 Å². The van der Waals surface area contributed by atoms with Gasteiger partial charge in [-0.3, -0.25) is 0 Å². The van der Waals surface area contributed by atoms with Crippen molar-refractivity contribution in [3.05, 3.63) is 23.3 Å². The summed E-state index contributed by atoms with van der Waals surface area (Å²) in [6.45, 7) is -4.06. The van der Waals surface area contributed by atoms with E-state index in [-0.39, 0.29) is 0 Å². The van der Waals surface area contributed by atoms with E-state index in [2.05, 4.69) is 0 Å². The molecule has 106 valence electrons. The zero-order valence-corrected chi connectivity index (χ0v) is 11.0. The molecule has 0 bridgehead atoms. The van der Waals surface area contributed by atoms with Crippen molar-refractivity contribution in [2.24, 2.45) is 0 Å². The van der Waals surface area contributed by atoms with Crippen LogP contribution in [0, 0.1) is 0 Å². The van der Waals surface area contributed by atoms with Gasteiger partial charge < -0.3 is 27.3 Å². The van der Waals surface area contributed by atoms with Gasteiger partial charge in [-0.1, -0.05) is 0 Å². The van der Waals surface area contributed by atoms with Gasteiger partial charge >= 0.3 is 6.98 Å². The van der Waals surface area contributed by atoms with Gasteiger partial charge in [-0.25, -0.2) is 0 Å². The van der Waals surface area contributed by atoms with Gasteiger partial charge in [0, 0.05) is 6.54 Å². The molecule has 0 fully saturated rings. The molecule has 7 heteroatoms. The monoisotopic (exact) mass is 274 g/mol. The van der Waals surface area contributed by atoms with Crippen LogP contribution in [0.3, 0.4) is 0 Å². The van der Waals surface area contributed by atoms with E-state index >= 15 is 0 Å². The molecule has 0 N–H and O–H groups in total. The molecule has 0 amide bonds. The molecule has 0 radical (unpaired) electrons. The fraction of sp³-hybridized carbons (Fsp3) is 0.500. The Kier molecular flexibility index (Phi) is 3.94. The maximum atomic E-state index is 12.5. The quantitative estimate of drug-likeness (QED) is 0.787. The lowest BCUT2D eigenvalue weighted by Gasteiger charge is -2.32. The lowest BCUT2D eigenvalue weighted by molar-refractivity contribution is 0.259. The van der Waals surface area contributed by atoms with Crippen LogP contribution in [0.1, 0.15) is 11.1 Å². The highest BCUT2D eigenvalue weighted by Crippen LogP contribution is 2.33. The Morgan fingerprint density at radius 2 is 1.68 bits per heavy atom. The molecule has 1 aliphatic heterocycles. The zero-order valence-electron chi connectivity index (χ0n) is 11.0. The summed E-state index contributed by atoms with van der Waals surface area (Å²) in [7, 11) is 3.06. The van der Waals surface area contributed by atoms with Gasteiger partial charge in [-0.2, -0.15) is 0 Å². The molecule has 1 aromatic carbocycles. The summed E-state index contributed by atoms with van der Waals surface area (Å²) in [4.78, 5) is 1.42. The lowest BCUT2D eigenvalue weighted by atomic mass is 9.89. The largest absolute Gasteiger partial charge is 0.493 e. The van der Waals surface area contributed by atoms with Gasteiger partial charge in [0.2, 0.25) is 0 Å².